The zero-order valence-corrected chi connectivity index (χ0v) is 10.9. The van der Waals surface area contributed by atoms with E-state index < -0.39 is 0 Å². The van der Waals surface area contributed by atoms with Crippen LogP contribution in [0.1, 0.15) is 34.1 Å². The molecule has 1 amide bonds. The fraction of sp³-hybridized carbons (Fsp3) is 0.462. The minimum atomic E-state index is 0.641. The van der Waals surface area contributed by atoms with Gasteiger partial charge in [0.15, 0.2) is 0 Å². The Kier molecular flexibility index (Phi) is 14.3. The zero-order valence-electron chi connectivity index (χ0n) is 10.9. The molecule has 0 heterocycles. The Morgan fingerprint density at radius 1 is 1.19 bits per heavy atom. The van der Waals surface area contributed by atoms with E-state index in [-0.39, 0.29) is 0 Å². The Bertz CT molecular complexity index is 253. The maximum absolute atomic E-state index is 10.1. The first-order valence-corrected chi connectivity index (χ1v) is 5.44. The summed E-state index contributed by atoms with van der Waals surface area (Å²) >= 11 is 0. The maximum Gasteiger partial charge on any atom is 0.211 e. The van der Waals surface area contributed by atoms with Crippen molar-refractivity contribution in [3.8, 4) is 0 Å². The highest BCUT2D eigenvalue weighted by Crippen LogP contribution is 1.99. The third kappa shape index (κ3) is 10.6. The highest BCUT2D eigenvalue weighted by molar-refractivity contribution is 5.51. The minimum Gasteiger partial charge on any atom is -0.497 e. The molecule has 0 unspecified atom stereocenters. The average Bonchev–Trinajstić information content (AvgIpc) is 2.30. The lowest BCUT2D eigenvalue weighted by molar-refractivity contribution is -0.108. The number of methoxy groups -OCH3 is 1. The van der Waals surface area contributed by atoms with Gasteiger partial charge in [0.2, 0.25) is 6.41 Å². The van der Waals surface area contributed by atoms with Gasteiger partial charge in [-0.2, -0.15) is 0 Å². The Morgan fingerprint density at radius 2 is 1.75 bits per heavy atom. The second-order valence-electron chi connectivity index (χ2n) is 2.94. The summed E-state index contributed by atoms with van der Waals surface area (Å²) in [5.74, 6) is 0.757. The molecule has 0 aliphatic heterocycles. The van der Waals surface area contributed by atoms with Crippen molar-refractivity contribution in [2.45, 2.75) is 34.1 Å². The highest BCUT2D eigenvalue weighted by Gasteiger charge is 1.88. The molecule has 0 radical (unpaired) electrons. The second-order valence-corrected chi connectivity index (χ2v) is 2.94. The molecule has 0 saturated heterocycles. The minimum absolute atomic E-state index is 0.641. The van der Waals surface area contributed by atoms with Crippen LogP contribution in [0.15, 0.2) is 35.8 Å². The van der Waals surface area contributed by atoms with Crippen LogP contribution in [0, 0.1) is 0 Å². The van der Waals surface area contributed by atoms with E-state index >= 15 is 0 Å². The van der Waals surface area contributed by atoms with Gasteiger partial charge in [-0.1, -0.05) is 26.3 Å². The van der Waals surface area contributed by atoms with E-state index in [9.17, 15) is 4.79 Å². The summed E-state index contributed by atoms with van der Waals surface area (Å²) in [6.07, 6.45) is 9.08. The first-order valence-electron chi connectivity index (χ1n) is 5.44. The number of allylic oxidation sites excluding steroid dienone is 4. The van der Waals surface area contributed by atoms with Crippen molar-refractivity contribution in [2.24, 2.45) is 0 Å². The molecule has 3 heteroatoms. The van der Waals surface area contributed by atoms with Crippen molar-refractivity contribution in [1.29, 1.82) is 0 Å². The molecule has 0 aliphatic carbocycles. The second kappa shape index (κ2) is 13.5. The molecule has 0 rings (SSSR count). The molecule has 1 N–H and O–H groups in total. The molecule has 0 atom stereocenters. The van der Waals surface area contributed by atoms with Gasteiger partial charge < -0.3 is 10.1 Å². The van der Waals surface area contributed by atoms with Crippen LogP contribution in [-0.2, 0) is 9.53 Å². The number of ether oxygens (including phenoxy) is 1. The van der Waals surface area contributed by atoms with Crippen LogP contribution < -0.4 is 5.32 Å². The van der Waals surface area contributed by atoms with Crippen LogP contribution in [0.2, 0.25) is 0 Å². The summed E-state index contributed by atoms with van der Waals surface area (Å²) in [5.41, 5.74) is 0.742. The van der Waals surface area contributed by atoms with E-state index in [1.807, 2.05) is 19.9 Å². The molecule has 0 fully saturated rings. The van der Waals surface area contributed by atoms with Gasteiger partial charge in [-0.3, -0.25) is 4.79 Å². The number of carbonyl (C=O) groups is 1. The van der Waals surface area contributed by atoms with Gasteiger partial charge in [0.25, 0.3) is 0 Å². The van der Waals surface area contributed by atoms with Crippen molar-refractivity contribution in [1.82, 2.24) is 5.32 Å². The molecule has 16 heavy (non-hydrogen) atoms. The van der Waals surface area contributed by atoms with E-state index in [0.29, 0.717) is 6.41 Å². The predicted molar refractivity (Wildman–Crippen MR) is 68.8 cm³/mol. The van der Waals surface area contributed by atoms with Crippen molar-refractivity contribution < 1.29 is 9.53 Å². The normalized spacial score (nSPS) is 11.8. The predicted octanol–water partition coefficient (Wildman–Crippen LogP) is 3.16. The zero-order chi connectivity index (χ0) is 12.8. The fourth-order valence-corrected chi connectivity index (χ4v) is 0.750. The van der Waals surface area contributed by atoms with Crippen LogP contribution in [0.3, 0.4) is 0 Å². The van der Waals surface area contributed by atoms with E-state index in [1.165, 1.54) is 6.42 Å². The van der Waals surface area contributed by atoms with Crippen molar-refractivity contribution in [2.75, 3.05) is 7.11 Å². The van der Waals surface area contributed by atoms with Gasteiger partial charge in [-0.25, -0.2) is 0 Å². The molecular weight excluding hydrogens is 202 g/mol. The number of rotatable bonds is 5. The number of carbonyl (C=O) groups excluding carboxylic acids is 1. The lowest BCUT2D eigenvalue weighted by atomic mass is 10.3. The van der Waals surface area contributed by atoms with Crippen molar-refractivity contribution in [3.05, 3.63) is 35.8 Å². The van der Waals surface area contributed by atoms with Crippen molar-refractivity contribution in [3.63, 3.8) is 0 Å². The van der Waals surface area contributed by atoms with Gasteiger partial charge in [-0.15, -0.1) is 0 Å². The van der Waals surface area contributed by atoms with Crippen LogP contribution in [0.25, 0.3) is 0 Å². The third-order valence-corrected chi connectivity index (χ3v) is 1.48. The van der Waals surface area contributed by atoms with Gasteiger partial charge in [0.05, 0.1) is 7.11 Å². The standard InChI is InChI=1S/C10H15NO2.C3H8/c1-4-9(11-8-12)6-7-10(5-2)13-3;1-3-2/h4-8H,1-3H3,(H,11,12);3H2,1-2H3/b7-6-,9-4+,10-5+;. The SMILES string of the molecule is CCC.C\C=C(/C=C\C(=C/C)OC)NC=O. The lowest BCUT2D eigenvalue weighted by Crippen LogP contribution is -2.07. The smallest absolute Gasteiger partial charge is 0.211 e. The number of amides is 1. The third-order valence-electron chi connectivity index (χ3n) is 1.48. The summed E-state index contributed by atoms with van der Waals surface area (Å²) in [5, 5.41) is 2.55. The van der Waals surface area contributed by atoms with Crippen LogP contribution in [0.5, 0.6) is 0 Å². The Hall–Kier alpha value is -1.51. The number of hydrogen-bond donors (Lipinski definition) is 1. The molecule has 0 spiro atoms. The summed E-state index contributed by atoms with van der Waals surface area (Å²) in [4.78, 5) is 10.1. The van der Waals surface area contributed by atoms with Crippen LogP contribution in [0.4, 0.5) is 0 Å². The highest BCUT2D eigenvalue weighted by atomic mass is 16.5. The van der Waals surface area contributed by atoms with Crippen LogP contribution >= 0.6 is 0 Å². The molecule has 0 aromatic carbocycles. The summed E-state index contributed by atoms with van der Waals surface area (Å²) in [6, 6.07) is 0. The molecule has 0 bridgehead atoms. The Morgan fingerprint density at radius 3 is 2.06 bits per heavy atom. The fourth-order valence-electron chi connectivity index (χ4n) is 0.750. The van der Waals surface area contributed by atoms with E-state index in [2.05, 4.69) is 19.2 Å². The van der Waals surface area contributed by atoms with Gasteiger partial charge in [0.1, 0.15) is 5.76 Å². The van der Waals surface area contributed by atoms with E-state index in [0.717, 1.165) is 11.5 Å². The first-order chi connectivity index (χ1) is 7.69. The molecule has 3 nitrogen and oxygen atoms in total. The number of hydrogen-bond acceptors (Lipinski definition) is 2. The Balaban J connectivity index is 0. The molecule has 0 saturated carbocycles. The maximum atomic E-state index is 10.1. The largest absolute Gasteiger partial charge is 0.497 e. The van der Waals surface area contributed by atoms with Gasteiger partial charge in [-0.05, 0) is 32.1 Å². The van der Waals surface area contributed by atoms with Crippen molar-refractivity contribution >= 4 is 6.41 Å². The van der Waals surface area contributed by atoms with E-state index in [4.69, 9.17) is 4.74 Å². The monoisotopic (exact) mass is 225 g/mol. The molecule has 92 valence electrons. The topological polar surface area (TPSA) is 38.3 Å². The summed E-state index contributed by atoms with van der Waals surface area (Å²) in [6.45, 7) is 7.98. The summed E-state index contributed by atoms with van der Waals surface area (Å²) < 4.78 is 5.00. The quantitative estimate of drug-likeness (QED) is 0.443. The van der Waals surface area contributed by atoms with Gasteiger partial charge in [0, 0.05) is 5.70 Å². The first kappa shape index (κ1) is 16.9. The van der Waals surface area contributed by atoms with Gasteiger partial charge >= 0.3 is 0 Å². The summed E-state index contributed by atoms with van der Waals surface area (Å²) in [7, 11) is 1.60. The number of nitrogens with one attached hydrogen (secondary N) is 1. The van der Waals surface area contributed by atoms with Crippen LogP contribution in [-0.4, -0.2) is 13.5 Å². The molecule has 0 aromatic rings. The Labute approximate surface area is 98.9 Å². The van der Waals surface area contributed by atoms with E-state index in [1.54, 1.807) is 25.3 Å². The molecule has 0 aliphatic rings. The lowest BCUT2D eigenvalue weighted by Gasteiger charge is -1.99. The molecular formula is C13H23NO2. The molecule has 0 aromatic heterocycles. The average molecular weight is 225 g/mol.